The number of halogens is 1. The largest absolute Gasteiger partial charge is 0.488 e. The minimum absolute atomic E-state index is 0. The number of furan rings is 1. The first-order valence-corrected chi connectivity index (χ1v) is 9.21. The van der Waals surface area contributed by atoms with Gasteiger partial charge in [0.05, 0.1) is 12.3 Å². The zero-order chi connectivity index (χ0) is 19.9. The molecule has 156 valence electrons. The molecule has 0 fully saturated rings. The molecule has 1 aromatic carbocycles. The number of aliphatic imine (C=N–C) groups is 1. The number of hydrogen-bond acceptors (Lipinski definition) is 4. The highest BCUT2D eigenvalue weighted by Crippen LogP contribution is 2.23. The van der Waals surface area contributed by atoms with E-state index < -0.39 is 0 Å². The van der Waals surface area contributed by atoms with Crippen LogP contribution in [0.2, 0.25) is 0 Å². The first-order chi connectivity index (χ1) is 12.8. The van der Waals surface area contributed by atoms with Gasteiger partial charge in [0, 0.05) is 25.7 Å². The lowest BCUT2D eigenvalue weighted by atomic mass is 10.1. The van der Waals surface area contributed by atoms with Gasteiger partial charge in [0.25, 0.3) is 0 Å². The van der Waals surface area contributed by atoms with Gasteiger partial charge in [0.2, 0.25) is 0 Å². The Morgan fingerprint density at radius 2 is 1.86 bits per heavy atom. The smallest absolute Gasteiger partial charge is 0.191 e. The summed E-state index contributed by atoms with van der Waals surface area (Å²) >= 11 is 0. The van der Waals surface area contributed by atoms with E-state index in [1.54, 1.807) is 13.3 Å². The van der Waals surface area contributed by atoms with Crippen LogP contribution < -0.4 is 15.4 Å². The van der Waals surface area contributed by atoms with Crippen LogP contribution >= 0.6 is 24.0 Å². The third-order valence-corrected chi connectivity index (χ3v) is 4.02. The highest BCUT2D eigenvalue weighted by atomic mass is 127. The predicted molar refractivity (Wildman–Crippen MR) is 126 cm³/mol. The van der Waals surface area contributed by atoms with Crippen LogP contribution in [0.15, 0.2) is 52.1 Å². The molecule has 0 saturated heterocycles. The minimum atomic E-state index is -0.238. The molecule has 1 aromatic heterocycles. The van der Waals surface area contributed by atoms with Crippen LogP contribution in [0.25, 0.3) is 0 Å². The summed E-state index contributed by atoms with van der Waals surface area (Å²) < 4.78 is 11.6. The van der Waals surface area contributed by atoms with Gasteiger partial charge in [-0.15, -0.1) is 24.0 Å². The Kier molecular flexibility index (Phi) is 9.81. The molecule has 0 radical (unpaired) electrons. The number of para-hydroxylation sites is 1. The number of nitrogens with zero attached hydrogens (tertiary/aromatic N) is 2. The van der Waals surface area contributed by atoms with E-state index in [-0.39, 0.29) is 35.6 Å². The van der Waals surface area contributed by atoms with Crippen molar-refractivity contribution < 1.29 is 9.15 Å². The standard InChI is InChI=1S/C21H32N4O2.HI/c1-21(2,3)27-18-11-8-7-10-16(18)14-23-20(22-4)24-15-17(25(5)6)19-12-9-13-26-19;/h7-13,17H,14-15H2,1-6H3,(H2,22,23,24);1H. The van der Waals surface area contributed by atoms with Crippen LogP contribution in [0.4, 0.5) is 0 Å². The van der Waals surface area contributed by atoms with Crippen LogP contribution in [0.5, 0.6) is 5.75 Å². The summed E-state index contributed by atoms with van der Waals surface area (Å²) in [6.45, 7) is 7.45. The van der Waals surface area contributed by atoms with Gasteiger partial charge in [-0.2, -0.15) is 0 Å². The lowest BCUT2D eigenvalue weighted by Gasteiger charge is -2.25. The fourth-order valence-electron chi connectivity index (χ4n) is 2.69. The second-order valence-corrected chi connectivity index (χ2v) is 7.62. The molecule has 0 bridgehead atoms. The molecule has 0 spiro atoms. The molecule has 7 heteroatoms. The van der Waals surface area contributed by atoms with Crippen molar-refractivity contribution in [3.05, 3.63) is 54.0 Å². The normalized spacial score (nSPS) is 13.0. The highest BCUT2D eigenvalue weighted by molar-refractivity contribution is 14.0. The molecule has 1 heterocycles. The Morgan fingerprint density at radius 3 is 2.43 bits per heavy atom. The van der Waals surface area contributed by atoms with E-state index in [9.17, 15) is 0 Å². The van der Waals surface area contributed by atoms with E-state index in [1.165, 1.54) is 0 Å². The molecule has 0 saturated carbocycles. The van der Waals surface area contributed by atoms with Crippen molar-refractivity contribution >= 4 is 29.9 Å². The van der Waals surface area contributed by atoms with Gasteiger partial charge in [-0.1, -0.05) is 18.2 Å². The maximum absolute atomic E-state index is 6.06. The van der Waals surface area contributed by atoms with Crippen molar-refractivity contribution in [2.45, 2.75) is 39.0 Å². The lowest BCUT2D eigenvalue weighted by molar-refractivity contribution is 0.129. The van der Waals surface area contributed by atoms with Gasteiger partial charge in [-0.25, -0.2) is 0 Å². The van der Waals surface area contributed by atoms with Crippen LogP contribution in [0, 0.1) is 0 Å². The molecule has 1 unspecified atom stereocenters. The molecule has 2 N–H and O–H groups in total. The Labute approximate surface area is 185 Å². The second-order valence-electron chi connectivity index (χ2n) is 7.62. The summed E-state index contributed by atoms with van der Waals surface area (Å²) in [5.41, 5.74) is 0.850. The third-order valence-electron chi connectivity index (χ3n) is 4.02. The molecule has 1 atom stereocenters. The second kappa shape index (κ2) is 11.3. The molecule has 2 rings (SSSR count). The van der Waals surface area contributed by atoms with E-state index in [0.717, 1.165) is 23.0 Å². The van der Waals surface area contributed by atoms with E-state index in [4.69, 9.17) is 9.15 Å². The van der Waals surface area contributed by atoms with Gasteiger partial charge in [-0.3, -0.25) is 9.89 Å². The summed E-state index contributed by atoms with van der Waals surface area (Å²) in [7, 11) is 5.83. The van der Waals surface area contributed by atoms with Gasteiger partial charge in [-0.05, 0) is 53.1 Å². The SMILES string of the molecule is CN=C(NCc1ccccc1OC(C)(C)C)NCC(c1ccco1)N(C)C.I. The zero-order valence-corrected chi connectivity index (χ0v) is 20.0. The fraction of sp³-hybridized carbons (Fsp3) is 0.476. The summed E-state index contributed by atoms with van der Waals surface area (Å²) in [6.07, 6.45) is 1.70. The Bertz CT molecular complexity index is 724. The summed E-state index contributed by atoms with van der Waals surface area (Å²) in [5.74, 6) is 2.54. The van der Waals surface area contributed by atoms with E-state index in [0.29, 0.717) is 13.1 Å². The number of likely N-dealkylation sites (N-methyl/N-ethyl adjacent to an activating group) is 1. The molecule has 0 aliphatic rings. The van der Waals surface area contributed by atoms with Gasteiger partial charge in [0.15, 0.2) is 5.96 Å². The Hall–Kier alpha value is -1.74. The van der Waals surface area contributed by atoms with Crippen LogP contribution in [0.3, 0.4) is 0 Å². The first-order valence-electron chi connectivity index (χ1n) is 9.21. The monoisotopic (exact) mass is 500 g/mol. The lowest BCUT2D eigenvalue weighted by Crippen LogP contribution is -2.41. The van der Waals surface area contributed by atoms with Crippen molar-refractivity contribution in [1.29, 1.82) is 0 Å². The summed E-state index contributed by atoms with van der Waals surface area (Å²) in [5, 5.41) is 6.73. The zero-order valence-electron chi connectivity index (χ0n) is 17.7. The average Bonchev–Trinajstić information content (AvgIpc) is 3.11. The number of rotatable bonds is 7. The minimum Gasteiger partial charge on any atom is -0.488 e. The number of guanidine groups is 1. The quantitative estimate of drug-likeness (QED) is 0.342. The fourth-order valence-corrected chi connectivity index (χ4v) is 2.69. The molecule has 2 aromatic rings. The summed E-state index contributed by atoms with van der Waals surface area (Å²) in [4.78, 5) is 6.44. The van der Waals surface area contributed by atoms with E-state index in [2.05, 4.69) is 26.6 Å². The topological polar surface area (TPSA) is 62.0 Å². The van der Waals surface area contributed by atoms with Crippen molar-refractivity contribution in [1.82, 2.24) is 15.5 Å². The molecule has 28 heavy (non-hydrogen) atoms. The molecule has 0 aliphatic carbocycles. The number of nitrogens with one attached hydrogen (secondary N) is 2. The molecule has 0 amide bonds. The van der Waals surface area contributed by atoms with Crippen molar-refractivity contribution in [2.75, 3.05) is 27.7 Å². The number of benzene rings is 1. The Balaban J connectivity index is 0.00000392. The molecular formula is C21H33IN4O2. The molecule has 0 aliphatic heterocycles. The maximum Gasteiger partial charge on any atom is 0.191 e. The average molecular weight is 500 g/mol. The maximum atomic E-state index is 6.06. The van der Waals surface area contributed by atoms with Gasteiger partial charge in [0.1, 0.15) is 17.1 Å². The van der Waals surface area contributed by atoms with Crippen LogP contribution in [-0.2, 0) is 6.54 Å². The van der Waals surface area contributed by atoms with Crippen LogP contribution in [-0.4, -0.2) is 44.1 Å². The van der Waals surface area contributed by atoms with Crippen molar-refractivity contribution in [3.63, 3.8) is 0 Å². The highest BCUT2D eigenvalue weighted by Gasteiger charge is 2.18. The third kappa shape index (κ3) is 7.71. The van der Waals surface area contributed by atoms with Crippen molar-refractivity contribution in [3.8, 4) is 5.75 Å². The van der Waals surface area contributed by atoms with Gasteiger partial charge >= 0.3 is 0 Å². The molecular weight excluding hydrogens is 467 g/mol. The predicted octanol–water partition coefficient (Wildman–Crippen LogP) is 4.04. The van der Waals surface area contributed by atoms with Crippen molar-refractivity contribution in [2.24, 2.45) is 4.99 Å². The first kappa shape index (κ1) is 24.3. The number of hydrogen-bond donors (Lipinski definition) is 2. The van der Waals surface area contributed by atoms with Crippen LogP contribution in [0.1, 0.15) is 38.1 Å². The Morgan fingerprint density at radius 1 is 1.14 bits per heavy atom. The summed E-state index contributed by atoms with van der Waals surface area (Å²) in [6, 6.07) is 12.1. The van der Waals surface area contributed by atoms with Gasteiger partial charge < -0.3 is 19.8 Å². The molecule has 6 nitrogen and oxygen atoms in total. The van der Waals surface area contributed by atoms with E-state index >= 15 is 0 Å². The number of ether oxygens (including phenoxy) is 1. The van der Waals surface area contributed by atoms with E-state index in [1.807, 2.05) is 65.2 Å².